The molecule has 4 aliphatic heterocycles. The second-order valence-corrected chi connectivity index (χ2v) is 17.6. The van der Waals surface area contributed by atoms with Crippen LogP contribution in [0.1, 0.15) is 81.5 Å². The molecule has 2 bridgehead atoms. The Morgan fingerprint density at radius 3 is 2.36 bits per heavy atom. The maximum Gasteiger partial charge on any atom is 0.327 e. The number of nitrogens with one attached hydrogen (secondary N) is 1. The van der Waals surface area contributed by atoms with Crippen molar-refractivity contribution in [3.8, 4) is 0 Å². The van der Waals surface area contributed by atoms with Crippen LogP contribution in [0, 0.1) is 11.3 Å². The van der Waals surface area contributed by atoms with Crippen molar-refractivity contribution < 1.29 is 48.0 Å². The molecule has 6 aliphatic rings. The van der Waals surface area contributed by atoms with Crippen LogP contribution in [0.2, 0.25) is 0 Å². The largest absolute Gasteiger partial charge is 0.460 e. The molecule has 4 heterocycles. The minimum absolute atomic E-state index is 0.0192. The molecule has 2 aliphatic carbocycles. The Hall–Kier alpha value is -4.43. The molecule has 306 valence electrons. The van der Waals surface area contributed by atoms with E-state index in [1.807, 2.05) is 78.9 Å². The predicted molar refractivity (Wildman–Crippen MR) is 210 cm³/mol. The van der Waals surface area contributed by atoms with Crippen LogP contribution in [0.3, 0.4) is 0 Å². The van der Waals surface area contributed by atoms with Crippen LogP contribution in [0.15, 0.2) is 91.0 Å². The molecule has 2 N–H and O–H groups in total. The first kappa shape index (κ1) is 39.1. The Morgan fingerprint density at radius 1 is 0.948 bits per heavy atom. The van der Waals surface area contributed by atoms with Crippen molar-refractivity contribution in [1.29, 1.82) is 0 Å². The van der Waals surface area contributed by atoms with Gasteiger partial charge < -0.3 is 34.1 Å². The SMILES string of the molecule is CC(C)(C)OC(=O)CC[C@@H](CO)NC(=O)[C@@]12C[C@H]3OC(=O)[C@@H]1N(Cc1cccc(C=CC4CCC5OC5C4)c1)O[C@@H]2[C@H]1OC(c2ccccc2)(c2ccccc2)O[C@H]13. The Labute approximate surface area is 338 Å². The van der Waals surface area contributed by atoms with Crippen molar-refractivity contribution in [1.82, 2.24) is 10.4 Å². The summed E-state index contributed by atoms with van der Waals surface area (Å²) in [4.78, 5) is 48.9. The number of nitrogens with zero attached hydrogens (tertiary/aromatic N) is 1. The number of carbonyl (C=O) groups is 3. The van der Waals surface area contributed by atoms with Gasteiger partial charge in [-0.15, -0.1) is 0 Å². The predicted octanol–water partition coefficient (Wildman–Crippen LogP) is 5.35. The van der Waals surface area contributed by atoms with E-state index in [0.29, 0.717) is 18.1 Å². The van der Waals surface area contributed by atoms with Crippen LogP contribution >= 0.6 is 0 Å². The number of epoxide rings is 1. The highest BCUT2D eigenvalue weighted by Crippen LogP contribution is 2.59. The molecule has 3 aromatic carbocycles. The quantitative estimate of drug-likeness (QED) is 0.181. The van der Waals surface area contributed by atoms with Gasteiger partial charge in [0.2, 0.25) is 11.7 Å². The van der Waals surface area contributed by atoms with Gasteiger partial charge >= 0.3 is 11.9 Å². The number of hydroxylamine groups is 2. The lowest BCUT2D eigenvalue weighted by Gasteiger charge is -2.49. The fourth-order valence-electron chi connectivity index (χ4n) is 9.73. The van der Waals surface area contributed by atoms with Gasteiger partial charge in [-0.3, -0.25) is 19.2 Å². The zero-order valence-electron chi connectivity index (χ0n) is 33.2. The van der Waals surface area contributed by atoms with E-state index < -0.39 is 77.8 Å². The van der Waals surface area contributed by atoms with Crippen LogP contribution in [0.5, 0.6) is 0 Å². The lowest BCUT2D eigenvalue weighted by Crippen LogP contribution is -2.70. The number of hydrogen-bond acceptors (Lipinski definition) is 11. The van der Waals surface area contributed by atoms with Gasteiger partial charge in [0.15, 0.2) is 6.04 Å². The number of aliphatic hydroxyl groups is 1. The van der Waals surface area contributed by atoms with Crippen molar-refractivity contribution in [2.75, 3.05) is 6.61 Å². The van der Waals surface area contributed by atoms with E-state index >= 15 is 4.79 Å². The Kier molecular flexibility index (Phi) is 10.3. The molecule has 3 aromatic rings. The third-order valence-electron chi connectivity index (χ3n) is 12.5. The number of amides is 1. The number of allylic oxidation sites excluding steroid dienone is 1. The lowest BCUT2D eigenvalue weighted by molar-refractivity contribution is -0.213. The monoisotopic (exact) mass is 792 g/mol. The molecule has 4 saturated heterocycles. The molecular weight excluding hydrogens is 741 g/mol. The van der Waals surface area contributed by atoms with Crippen LogP contribution in [-0.4, -0.2) is 88.9 Å². The zero-order chi connectivity index (χ0) is 40.2. The number of benzene rings is 3. The van der Waals surface area contributed by atoms with E-state index in [0.717, 1.165) is 41.5 Å². The zero-order valence-corrected chi connectivity index (χ0v) is 33.2. The van der Waals surface area contributed by atoms with Crippen LogP contribution in [-0.2, 0) is 55.2 Å². The third kappa shape index (κ3) is 7.28. The second-order valence-electron chi connectivity index (χ2n) is 17.6. The molecule has 9 rings (SSSR count). The van der Waals surface area contributed by atoms with Crippen LogP contribution < -0.4 is 5.32 Å². The van der Waals surface area contributed by atoms with Gasteiger partial charge in [-0.25, -0.2) is 0 Å². The van der Waals surface area contributed by atoms with E-state index in [1.54, 1.807) is 25.8 Å². The highest BCUT2D eigenvalue weighted by molar-refractivity contribution is 5.94. The average molecular weight is 793 g/mol. The molecular formula is C46H52N2O10. The molecule has 12 nitrogen and oxygen atoms in total. The molecule has 10 atom stereocenters. The molecule has 1 amide bonds. The molecule has 0 aromatic heterocycles. The smallest absolute Gasteiger partial charge is 0.327 e. The average Bonchev–Trinajstić information content (AvgIpc) is 3.73. The Bertz CT molecular complexity index is 2000. The second kappa shape index (κ2) is 15.3. The Balaban J connectivity index is 1.04. The van der Waals surface area contributed by atoms with Gasteiger partial charge in [0, 0.05) is 24.0 Å². The fourth-order valence-corrected chi connectivity index (χ4v) is 9.73. The summed E-state index contributed by atoms with van der Waals surface area (Å²) in [6, 6.07) is 25.3. The van der Waals surface area contributed by atoms with Gasteiger partial charge in [-0.1, -0.05) is 97.1 Å². The highest BCUT2D eigenvalue weighted by Gasteiger charge is 2.76. The first-order chi connectivity index (χ1) is 28.0. The lowest BCUT2D eigenvalue weighted by atomic mass is 9.62. The summed E-state index contributed by atoms with van der Waals surface area (Å²) in [6.07, 6.45) is 5.26. The summed E-state index contributed by atoms with van der Waals surface area (Å²) in [5, 5.41) is 15.1. The number of carbonyl (C=O) groups excluding carboxylic acids is 3. The van der Waals surface area contributed by atoms with Gasteiger partial charge in [0.25, 0.3) is 0 Å². The van der Waals surface area contributed by atoms with Gasteiger partial charge in [-0.05, 0) is 63.5 Å². The van der Waals surface area contributed by atoms with E-state index in [-0.39, 0.29) is 25.8 Å². The van der Waals surface area contributed by atoms with E-state index in [4.69, 9.17) is 28.5 Å². The summed E-state index contributed by atoms with van der Waals surface area (Å²) < 4.78 is 31.5. The number of rotatable bonds is 12. The van der Waals surface area contributed by atoms with E-state index in [1.165, 1.54) is 0 Å². The molecule has 12 heteroatoms. The fraction of sp³-hybridized carbons (Fsp3) is 0.500. The van der Waals surface area contributed by atoms with E-state index in [9.17, 15) is 14.7 Å². The number of fused-ring (bicyclic) bond motifs is 5. The third-order valence-corrected chi connectivity index (χ3v) is 12.5. The van der Waals surface area contributed by atoms with Crippen LogP contribution in [0.25, 0.3) is 6.08 Å². The topological polar surface area (TPSA) is 145 Å². The normalized spacial score (nSPS) is 32.5. The van der Waals surface area contributed by atoms with Gasteiger partial charge in [0.05, 0.1) is 31.4 Å². The first-order valence-electron chi connectivity index (χ1n) is 20.6. The Morgan fingerprint density at radius 2 is 1.67 bits per heavy atom. The van der Waals surface area contributed by atoms with Crippen LogP contribution in [0.4, 0.5) is 0 Å². The minimum atomic E-state index is -1.49. The highest BCUT2D eigenvalue weighted by atomic mass is 16.8. The standard InChI is InChI=1S/C46H52N2O10/c1-44(2,3)55-37(50)22-20-33(27-49)47-43(52)45-25-36-38-39(57-46(56-38,31-13-6-4-7-14-31)32-15-8-5-9-16-32)41(45)58-48(40(45)42(51)54-36)26-30-12-10-11-28(23-30)17-18-29-19-21-34-35(24-29)53-34/h4-18,23,29,33-36,38-41,49H,19-22,24-27H2,1-3H3,(H,47,52)/t29?,33-,34?,35?,36+,38-,39-,40-,41+,45-/m0/s1. The summed E-state index contributed by atoms with van der Waals surface area (Å²) >= 11 is 0. The number of esters is 2. The van der Waals surface area contributed by atoms with Crippen molar-refractivity contribution in [3.05, 3.63) is 113 Å². The maximum atomic E-state index is 15.0. The van der Waals surface area contributed by atoms with Gasteiger partial charge in [-0.2, -0.15) is 5.06 Å². The van der Waals surface area contributed by atoms with Gasteiger partial charge in [0.1, 0.15) is 35.4 Å². The summed E-state index contributed by atoms with van der Waals surface area (Å²) in [7, 11) is 0. The number of ether oxygens (including phenoxy) is 5. The summed E-state index contributed by atoms with van der Waals surface area (Å²) in [6.45, 7) is 5.11. The molecule has 2 saturated carbocycles. The van der Waals surface area contributed by atoms with Crippen molar-refractivity contribution in [2.45, 2.75) is 126 Å². The van der Waals surface area contributed by atoms with Crippen molar-refractivity contribution >= 4 is 23.9 Å². The van der Waals surface area contributed by atoms with Crippen molar-refractivity contribution in [3.63, 3.8) is 0 Å². The molecule has 58 heavy (non-hydrogen) atoms. The molecule has 0 radical (unpaired) electrons. The summed E-state index contributed by atoms with van der Waals surface area (Å²) in [5.74, 6) is -2.45. The molecule has 6 fully saturated rings. The molecule has 0 spiro atoms. The maximum absolute atomic E-state index is 15.0. The van der Waals surface area contributed by atoms with Crippen molar-refractivity contribution in [2.24, 2.45) is 11.3 Å². The number of hydrogen-bond donors (Lipinski definition) is 2. The molecule has 3 unspecified atom stereocenters. The first-order valence-corrected chi connectivity index (χ1v) is 20.6. The van der Waals surface area contributed by atoms with E-state index in [2.05, 4.69) is 23.5 Å². The summed E-state index contributed by atoms with van der Waals surface area (Å²) in [5.41, 5.74) is 1.22. The minimum Gasteiger partial charge on any atom is -0.460 e. The number of aliphatic hydroxyl groups excluding tert-OH is 1.